The van der Waals surface area contributed by atoms with Gasteiger partial charge in [-0.2, -0.15) is 0 Å². The summed E-state index contributed by atoms with van der Waals surface area (Å²) in [5.74, 6) is 0.0714. The van der Waals surface area contributed by atoms with Crippen LogP contribution < -0.4 is 0 Å². The normalized spacial score (nSPS) is 12.3. The van der Waals surface area contributed by atoms with Crippen molar-refractivity contribution in [1.29, 1.82) is 0 Å². The minimum atomic E-state index is -0.0167. The van der Waals surface area contributed by atoms with Crippen molar-refractivity contribution in [3.05, 3.63) is 11.1 Å². The number of allylic oxidation sites excluding steroid dienone is 2. The molecule has 0 saturated carbocycles. The molecule has 0 atom stereocenters. The third-order valence-corrected chi connectivity index (χ3v) is 1.99. The summed E-state index contributed by atoms with van der Waals surface area (Å²) in [7, 11) is 0. The molecule has 0 saturated heterocycles. The summed E-state index contributed by atoms with van der Waals surface area (Å²) in [6.07, 6.45) is 1.37. The zero-order valence-electron chi connectivity index (χ0n) is 8.23. The van der Waals surface area contributed by atoms with Crippen molar-refractivity contribution in [2.75, 3.05) is 0 Å². The molecule has 0 heterocycles. The van der Waals surface area contributed by atoms with Gasteiger partial charge in [-0.3, -0.25) is 9.59 Å². The second kappa shape index (κ2) is 4.86. The number of ketones is 2. The van der Waals surface area contributed by atoms with E-state index in [0.717, 1.165) is 6.42 Å². The SMILES string of the molecule is CCCC(=O)/C(C)=C(/C)C(C)=O. The second-order valence-corrected chi connectivity index (χ2v) is 2.98. The van der Waals surface area contributed by atoms with Gasteiger partial charge >= 0.3 is 0 Å². The van der Waals surface area contributed by atoms with E-state index in [1.807, 2.05) is 6.92 Å². The Bertz CT molecular complexity index is 224. The maximum Gasteiger partial charge on any atom is 0.158 e. The second-order valence-electron chi connectivity index (χ2n) is 2.98. The van der Waals surface area contributed by atoms with E-state index >= 15 is 0 Å². The molecular weight excluding hydrogens is 152 g/mol. The van der Waals surface area contributed by atoms with Gasteiger partial charge in [0.25, 0.3) is 0 Å². The third kappa shape index (κ3) is 2.99. The zero-order chi connectivity index (χ0) is 9.72. The standard InChI is InChI=1S/C10H16O2/c1-5-6-10(12)8(3)7(2)9(4)11/h5-6H2,1-4H3/b8-7-. The summed E-state index contributed by atoms with van der Waals surface area (Å²) in [5.41, 5.74) is 1.21. The van der Waals surface area contributed by atoms with Crippen molar-refractivity contribution >= 4 is 11.6 Å². The van der Waals surface area contributed by atoms with Crippen molar-refractivity contribution < 1.29 is 9.59 Å². The number of rotatable bonds is 4. The van der Waals surface area contributed by atoms with Gasteiger partial charge in [0.05, 0.1) is 0 Å². The zero-order valence-corrected chi connectivity index (χ0v) is 8.23. The first kappa shape index (κ1) is 11.1. The van der Waals surface area contributed by atoms with Crippen molar-refractivity contribution in [3.63, 3.8) is 0 Å². The highest BCUT2D eigenvalue weighted by molar-refractivity contribution is 6.04. The topological polar surface area (TPSA) is 34.1 Å². The minimum Gasteiger partial charge on any atom is -0.295 e. The molecule has 0 aromatic rings. The Hall–Kier alpha value is -0.920. The quantitative estimate of drug-likeness (QED) is 0.603. The molecule has 0 aromatic heterocycles. The van der Waals surface area contributed by atoms with Crippen LogP contribution in [0.4, 0.5) is 0 Å². The first-order chi connectivity index (χ1) is 5.50. The average Bonchev–Trinajstić information content (AvgIpc) is 2.02. The van der Waals surface area contributed by atoms with E-state index in [0.29, 0.717) is 17.6 Å². The highest BCUT2D eigenvalue weighted by Crippen LogP contribution is 2.08. The monoisotopic (exact) mass is 168 g/mol. The predicted octanol–water partition coefficient (Wildman–Crippen LogP) is 2.28. The summed E-state index contributed by atoms with van der Waals surface area (Å²) in [4.78, 5) is 22.2. The van der Waals surface area contributed by atoms with Gasteiger partial charge in [-0.05, 0) is 38.3 Å². The lowest BCUT2D eigenvalue weighted by Crippen LogP contribution is -2.05. The first-order valence-corrected chi connectivity index (χ1v) is 4.22. The summed E-state index contributed by atoms with van der Waals surface area (Å²) < 4.78 is 0. The van der Waals surface area contributed by atoms with E-state index in [2.05, 4.69) is 0 Å². The molecule has 0 N–H and O–H groups in total. The van der Waals surface area contributed by atoms with E-state index in [4.69, 9.17) is 0 Å². The molecule has 0 amide bonds. The molecule has 0 radical (unpaired) electrons. The number of carbonyl (C=O) groups excluding carboxylic acids is 2. The Balaban J connectivity index is 4.55. The molecule has 0 fully saturated rings. The fourth-order valence-electron chi connectivity index (χ4n) is 0.888. The van der Waals surface area contributed by atoms with Crippen molar-refractivity contribution in [2.45, 2.75) is 40.5 Å². The molecule has 0 spiro atoms. The molecule has 68 valence electrons. The van der Waals surface area contributed by atoms with Gasteiger partial charge in [0.1, 0.15) is 0 Å². The number of hydrogen-bond donors (Lipinski definition) is 0. The van der Waals surface area contributed by atoms with Crippen molar-refractivity contribution in [2.24, 2.45) is 0 Å². The van der Waals surface area contributed by atoms with E-state index in [1.165, 1.54) is 6.92 Å². The predicted molar refractivity (Wildman–Crippen MR) is 49.0 cm³/mol. The van der Waals surface area contributed by atoms with E-state index in [9.17, 15) is 9.59 Å². The number of Topliss-reactive ketones (excluding diaryl/α,β-unsaturated/α-hetero) is 2. The Labute approximate surface area is 73.7 Å². The van der Waals surface area contributed by atoms with Crippen LogP contribution in [0.25, 0.3) is 0 Å². The van der Waals surface area contributed by atoms with Crippen LogP contribution in [0, 0.1) is 0 Å². The largest absolute Gasteiger partial charge is 0.295 e. The van der Waals surface area contributed by atoms with Crippen LogP contribution in [0.1, 0.15) is 40.5 Å². The van der Waals surface area contributed by atoms with Crippen LogP contribution in [0.15, 0.2) is 11.1 Å². The minimum absolute atomic E-state index is 0.0167. The lowest BCUT2D eigenvalue weighted by atomic mass is 10.0. The molecule has 2 nitrogen and oxygen atoms in total. The Morgan fingerprint density at radius 1 is 1.00 bits per heavy atom. The molecule has 0 aliphatic carbocycles. The lowest BCUT2D eigenvalue weighted by Gasteiger charge is -2.02. The molecule has 0 aliphatic rings. The van der Waals surface area contributed by atoms with Gasteiger partial charge < -0.3 is 0 Å². The molecule has 0 aliphatic heterocycles. The number of hydrogen-bond acceptors (Lipinski definition) is 2. The van der Waals surface area contributed by atoms with E-state index in [1.54, 1.807) is 13.8 Å². The lowest BCUT2D eigenvalue weighted by molar-refractivity contribution is -0.117. The third-order valence-electron chi connectivity index (χ3n) is 1.99. The summed E-state index contributed by atoms with van der Waals surface area (Å²) in [5, 5.41) is 0. The molecular formula is C10H16O2. The fourth-order valence-corrected chi connectivity index (χ4v) is 0.888. The molecule has 0 unspecified atom stereocenters. The van der Waals surface area contributed by atoms with Gasteiger partial charge in [-0.25, -0.2) is 0 Å². The molecule has 0 rings (SSSR count). The van der Waals surface area contributed by atoms with E-state index < -0.39 is 0 Å². The van der Waals surface area contributed by atoms with E-state index in [-0.39, 0.29) is 11.6 Å². The molecule has 0 aromatic carbocycles. The first-order valence-electron chi connectivity index (χ1n) is 4.22. The molecule has 12 heavy (non-hydrogen) atoms. The van der Waals surface area contributed by atoms with Gasteiger partial charge in [0.15, 0.2) is 11.6 Å². The Morgan fingerprint density at radius 2 is 1.50 bits per heavy atom. The average molecular weight is 168 g/mol. The summed E-state index contributed by atoms with van der Waals surface area (Å²) >= 11 is 0. The molecule has 2 heteroatoms. The van der Waals surface area contributed by atoms with Crippen molar-refractivity contribution in [3.8, 4) is 0 Å². The maximum absolute atomic E-state index is 11.3. The van der Waals surface area contributed by atoms with Gasteiger partial charge in [-0.1, -0.05) is 6.92 Å². The highest BCUT2D eigenvalue weighted by atomic mass is 16.1. The van der Waals surface area contributed by atoms with Crippen LogP contribution >= 0.6 is 0 Å². The fraction of sp³-hybridized carbons (Fsp3) is 0.600. The number of carbonyl (C=O) groups is 2. The summed E-state index contributed by atoms with van der Waals surface area (Å²) in [6.45, 7) is 6.85. The smallest absolute Gasteiger partial charge is 0.158 e. The summed E-state index contributed by atoms with van der Waals surface area (Å²) in [6, 6.07) is 0. The maximum atomic E-state index is 11.3. The Morgan fingerprint density at radius 3 is 1.83 bits per heavy atom. The van der Waals surface area contributed by atoms with Crippen LogP contribution in [-0.4, -0.2) is 11.6 Å². The Kier molecular flexibility index (Phi) is 4.49. The van der Waals surface area contributed by atoms with Crippen LogP contribution in [0.3, 0.4) is 0 Å². The van der Waals surface area contributed by atoms with Crippen molar-refractivity contribution in [1.82, 2.24) is 0 Å². The highest BCUT2D eigenvalue weighted by Gasteiger charge is 2.08. The van der Waals surface area contributed by atoms with Gasteiger partial charge in [0, 0.05) is 6.42 Å². The molecule has 0 bridgehead atoms. The van der Waals surface area contributed by atoms with Gasteiger partial charge in [0.2, 0.25) is 0 Å². The van der Waals surface area contributed by atoms with Crippen LogP contribution in [0.2, 0.25) is 0 Å². The van der Waals surface area contributed by atoms with Gasteiger partial charge in [-0.15, -0.1) is 0 Å². The van der Waals surface area contributed by atoms with Crippen LogP contribution in [0.5, 0.6) is 0 Å². The van der Waals surface area contributed by atoms with Crippen LogP contribution in [-0.2, 0) is 9.59 Å².